The molecule has 0 radical (unpaired) electrons. The minimum atomic E-state index is -0.432. The van der Waals surface area contributed by atoms with Gasteiger partial charge in [0.1, 0.15) is 11.5 Å². The van der Waals surface area contributed by atoms with Crippen molar-refractivity contribution in [1.82, 2.24) is 4.90 Å². The average Bonchev–Trinajstić information content (AvgIpc) is 3.10. The molecule has 1 heterocycles. The van der Waals surface area contributed by atoms with Crippen LogP contribution in [-0.4, -0.2) is 42.4 Å². The van der Waals surface area contributed by atoms with Gasteiger partial charge < -0.3 is 14.3 Å². The summed E-state index contributed by atoms with van der Waals surface area (Å²) in [6, 6.07) is 4.02. The monoisotopic (exact) mass is 295 g/mol. The minimum Gasteiger partial charge on any atom is -0.465 e. The third kappa shape index (κ3) is 6.64. The van der Waals surface area contributed by atoms with E-state index in [-0.39, 0.29) is 0 Å². The third-order valence-corrected chi connectivity index (χ3v) is 3.62. The second kappa shape index (κ2) is 7.97. The Balaban J connectivity index is 1.78. The highest BCUT2D eigenvalue weighted by Gasteiger charge is 2.26. The van der Waals surface area contributed by atoms with E-state index in [9.17, 15) is 5.11 Å². The van der Waals surface area contributed by atoms with Gasteiger partial charge in [0.15, 0.2) is 0 Å². The molecule has 0 unspecified atom stereocenters. The molecule has 1 aromatic rings. The molecule has 4 nitrogen and oxygen atoms in total. The van der Waals surface area contributed by atoms with Crippen molar-refractivity contribution in [3.05, 3.63) is 23.7 Å². The lowest BCUT2D eigenvalue weighted by atomic mass is 10.2. The molecule has 1 fully saturated rings. The van der Waals surface area contributed by atoms with Gasteiger partial charge in [-0.25, -0.2) is 0 Å². The smallest absolute Gasteiger partial charge is 0.118 e. The normalized spacial score (nSPS) is 16.9. The van der Waals surface area contributed by atoms with Crippen LogP contribution in [0.15, 0.2) is 16.5 Å². The highest BCUT2D eigenvalue weighted by molar-refractivity contribution is 5.05. The van der Waals surface area contributed by atoms with Gasteiger partial charge in [-0.3, -0.25) is 4.90 Å². The van der Waals surface area contributed by atoms with Gasteiger partial charge in [0, 0.05) is 19.7 Å². The molecule has 0 spiro atoms. The van der Waals surface area contributed by atoms with Crippen LogP contribution in [0, 0.1) is 18.8 Å². The Kier molecular flexibility index (Phi) is 6.27. The van der Waals surface area contributed by atoms with Crippen LogP contribution in [-0.2, 0) is 11.3 Å². The highest BCUT2D eigenvalue weighted by Crippen LogP contribution is 2.30. The van der Waals surface area contributed by atoms with Crippen molar-refractivity contribution < 1.29 is 14.3 Å². The molecule has 0 saturated heterocycles. The topological polar surface area (TPSA) is 45.8 Å². The number of furan rings is 1. The second-order valence-electron chi connectivity index (χ2n) is 6.73. The number of nitrogens with zero attached hydrogens (tertiary/aromatic N) is 1. The Hall–Kier alpha value is -0.840. The first kappa shape index (κ1) is 16.5. The van der Waals surface area contributed by atoms with Gasteiger partial charge in [-0.15, -0.1) is 0 Å². The zero-order valence-electron chi connectivity index (χ0n) is 13.5. The van der Waals surface area contributed by atoms with Crippen molar-refractivity contribution in [3.63, 3.8) is 0 Å². The largest absolute Gasteiger partial charge is 0.465 e. The minimum absolute atomic E-state index is 0.413. The first-order valence-corrected chi connectivity index (χ1v) is 8.06. The summed E-state index contributed by atoms with van der Waals surface area (Å²) in [5.74, 6) is 3.22. The Morgan fingerprint density at radius 2 is 2.10 bits per heavy atom. The Morgan fingerprint density at radius 1 is 1.33 bits per heavy atom. The number of aliphatic hydroxyl groups is 1. The van der Waals surface area contributed by atoms with E-state index >= 15 is 0 Å². The summed E-state index contributed by atoms with van der Waals surface area (Å²) in [6.45, 7) is 9.77. The van der Waals surface area contributed by atoms with Crippen molar-refractivity contribution in [1.29, 1.82) is 0 Å². The fourth-order valence-electron chi connectivity index (χ4n) is 2.45. The maximum absolute atomic E-state index is 10.2. The molecule has 4 heteroatoms. The fraction of sp³-hybridized carbons (Fsp3) is 0.765. The van der Waals surface area contributed by atoms with Crippen LogP contribution in [0.3, 0.4) is 0 Å². The number of rotatable bonds is 10. The number of hydrogen-bond acceptors (Lipinski definition) is 4. The van der Waals surface area contributed by atoms with E-state index in [1.807, 2.05) is 19.1 Å². The van der Waals surface area contributed by atoms with E-state index in [2.05, 4.69) is 18.7 Å². The summed E-state index contributed by atoms with van der Waals surface area (Å²) in [5, 5.41) is 10.2. The van der Waals surface area contributed by atoms with Crippen LogP contribution in [0.1, 0.15) is 38.2 Å². The lowest BCUT2D eigenvalue weighted by molar-refractivity contribution is 0.00526. The van der Waals surface area contributed by atoms with Crippen LogP contribution in [0.4, 0.5) is 0 Å². The molecule has 0 bridgehead atoms. The van der Waals surface area contributed by atoms with Crippen molar-refractivity contribution in [2.75, 3.05) is 26.3 Å². The number of hydrogen-bond donors (Lipinski definition) is 1. The Labute approximate surface area is 128 Å². The van der Waals surface area contributed by atoms with Gasteiger partial charge in [-0.1, -0.05) is 13.8 Å². The first-order valence-electron chi connectivity index (χ1n) is 8.06. The van der Waals surface area contributed by atoms with E-state index < -0.39 is 6.10 Å². The average molecular weight is 295 g/mol. The molecular weight excluding hydrogens is 266 g/mol. The summed E-state index contributed by atoms with van der Waals surface area (Å²) >= 11 is 0. The fourth-order valence-corrected chi connectivity index (χ4v) is 2.45. The van der Waals surface area contributed by atoms with Gasteiger partial charge in [0.2, 0.25) is 0 Å². The molecule has 1 aromatic heterocycles. The number of aliphatic hydroxyl groups excluding tert-OH is 1. The second-order valence-corrected chi connectivity index (χ2v) is 6.73. The molecular formula is C17H29NO3. The number of aryl methyl sites for hydroxylation is 1. The van der Waals surface area contributed by atoms with Crippen LogP contribution in [0.2, 0.25) is 0 Å². The summed E-state index contributed by atoms with van der Waals surface area (Å²) in [6.07, 6.45) is 2.19. The maximum Gasteiger partial charge on any atom is 0.118 e. The lowest BCUT2D eigenvalue weighted by Crippen LogP contribution is -2.36. The zero-order chi connectivity index (χ0) is 15.2. The van der Waals surface area contributed by atoms with E-state index in [0.717, 1.165) is 30.5 Å². The van der Waals surface area contributed by atoms with Gasteiger partial charge >= 0.3 is 0 Å². The molecule has 1 aliphatic rings. The highest BCUT2D eigenvalue weighted by atomic mass is 16.5. The van der Waals surface area contributed by atoms with E-state index in [1.165, 1.54) is 12.8 Å². The zero-order valence-corrected chi connectivity index (χ0v) is 13.5. The molecule has 120 valence electrons. The Bertz CT molecular complexity index is 412. The van der Waals surface area contributed by atoms with E-state index in [1.54, 1.807) is 0 Å². The van der Waals surface area contributed by atoms with Crippen LogP contribution in [0.5, 0.6) is 0 Å². The number of ether oxygens (including phenoxy) is 1. The van der Waals surface area contributed by atoms with Gasteiger partial charge in [0.05, 0.1) is 19.3 Å². The quantitative estimate of drug-likeness (QED) is 0.721. The van der Waals surface area contributed by atoms with Gasteiger partial charge in [0.25, 0.3) is 0 Å². The molecule has 2 rings (SSSR count). The summed E-state index contributed by atoms with van der Waals surface area (Å²) in [4.78, 5) is 2.29. The molecule has 1 saturated carbocycles. The van der Waals surface area contributed by atoms with Crippen LogP contribution >= 0.6 is 0 Å². The van der Waals surface area contributed by atoms with E-state index in [0.29, 0.717) is 25.7 Å². The summed E-state index contributed by atoms with van der Waals surface area (Å²) in [5.41, 5.74) is 0. The molecule has 0 aromatic carbocycles. The third-order valence-electron chi connectivity index (χ3n) is 3.62. The summed E-state index contributed by atoms with van der Waals surface area (Å²) in [7, 11) is 0. The van der Waals surface area contributed by atoms with Crippen LogP contribution < -0.4 is 0 Å². The van der Waals surface area contributed by atoms with Crippen molar-refractivity contribution in [3.8, 4) is 0 Å². The molecule has 1 aliphatic carbocycles. The van der Waals surface area contributed by atoms with Gasteiger partial charge in [-0.2, -0.15) is 0 Å². The predicted octanol–water partition coefficient (Wildman–Crippen LogP) is 2.83. The SMILES string of the molecule is Cc1ccc(CN(CC2CC2)C[C@@H](O)COCC(C)C)o1. The van der Waals surface area contributed by atoms with Crippen molar-refractivity contribution in [2.24, 2.45) is 11.8 Å². The lowest BCUT2D eigenvalue weighted by Gasteiger charge is -2.24. The predicted molar refractivity (Wildman–Crippen MR) is 83.1 cm³/mol. The maximum atomic E-state index is 10.2. The molecule has 1 N–H and O–H groups in total. The molecule has 21 heavy (non-hydrogen) atoms. The molecule has 0 amide bonds. The van der Waals surface area contributed by atoms with Crippen LogP contribution in [0.25, 0.3) is 0 Å². The standard InChI is InChI=1S/C17H29NO3/c1-13(2)11-20-12-16(19)9-18(8-15-5-6-15)10-17-7-4-14(3)21-17/h4,7,13,15-16,19H,5-6,8-12H2,1-3H3/t16-/m1/s1. The summed E-state index contributed by atoms with van der Waals surface area (Å²) < 4.78 is 11.2. The molecule has 1 atom stereocenters. The van der Waals surface area contributed by atoms with Crippen molar-refractivity contribution >= 4 is 0 Å². The van der Waals surface area contributed by atoms with Crippen molar-refractivity contribution in [2.45, 2.75) is 46.3 Å². The Morgan fingerprint density at radius 3 is 2.67 bits per heavy atom. The molecule has 0 aliphatic heterocycles. The van der Waals surface area contributed by atoms with E-state index in [4.69, 9.17) is 9.15 Å². The first-order chi connectivity index (χ1) is 10.0. The van der Waals surface area contributed by atoms with Gasteiger partial charge in [-0.05, 0) is 43.7 Å².